The van der Waals surface area contributed by atoms with Crippen molar-refractivity contribution < 1.29 is 0 Å². The summed E-state index contributed by atoms with van der Waals surface area (Å²) in [5.74, 6) is 0.920. The lowest BCUT2D eigenvalue weighted by Crippen LogP contribution is -1.96. The standard InChI is InChI=1S/C26H27N/c1-17(2)21-12-8-13-22(18(3)4)26(21)27-16-20-10-7-14-24-23-11-6-5-9-19(23)15-25(20)24/h5-14,16-18H,15H2,1-4H3. The van der Waals surface area contributed by atoms with E-state index in [4.69, 9.17) is 4.99 Å². The van der Waals surface area contributed by atoms with Crippen molar-refractivity contribution in [2.24, 2.45) is 4.99 Å². The van der Waals surface area contributed by atoms with Crippen LogP contribution in [0.2, 0.25) is 0 Å². The highest BCUT2D eigenvalue weighted by Crippen LogP contribution is 2.38. The second-order valence-electron chi connectivity index (χ2n) is 8.06. The summed E-state index contributed by atoms with van der Waals surface area (Å²) in [6.07, 6.45) is 3.08. The van der Waals surface area contributed by atoms with Crippen molar-refractivity contribution in [3.05, 3.63) is 88.5 Å². The Morgan fingerprint density at radius 3 is 2.07 bits per heavy atom. The highest BCUT2D eigenvalue weighted by molar-refractivity contribution is 5.91. The lowest BCUT2D eigenvalue weighted by atomic mass is 9.93. The van der Waals surface area contributed by atoms with Crippen LogP contribution in [-0.4, -0.2) is 6.21 Å². The predicted molar refractivity (Wildman–Crippen MR) is 117 cm³/mol. The SMILES string of the molecule is CC(C)c1cccc(C(C)C)c1N=Cc1cccc2c1Cc1ccccc1-2. The topological polar surface area (TPSA) is 12.4 Å². The van der Waals surface area contributed by atoms with E-state index in [0.29, 0.717) is 11.8 Å². The Morgan fingerprint density at radius 1 is 0.741 bits per heavy atom. The molecule has 1 aliphatic rings. The van der Waals surface area contributed by atoms with Gasteiger partial charge in [0.05, 0.1) is 5.69 Å². The summed E-state index contributed by atoms with van der Waals surface area (Å²) in [6.45, 7) is 8.98. The molecule has 0 radical (unpaired) electrons. The molecule has 0 amide bonds. The number of benzene rings is 3. The quantitative estimate of drug-likeness (QED) is 0.342. The number of nitrogens with zero attached hydrogens (tertiary/aromatic N) is 1. The molecular formula is C26H27N. The van der Waals surface area contributed by atoms with E-state index in [1.165, 1.54) is 38.9 Å². The molecule has 1 nitrogen and oxygen atoms in total. The Kier molecular flexibility index (Phi) is 4.70. The lowest BCUT2D eigenvalue weighted by Gasteiger charge is -2.16. The second-order valence-corrected chi connectivity index (χ2v) is 8.06. The summed E-state index contributed by atoms with van der Waals surface area (Å²) in [4.78, 5) is 5.03. The van der Waals surface area contributed by atoms with Gasteiger partial charge in [0.2, 0.25) is 0 Å². The third-order valence-corrected chi connectivity index (χ3v) is 5.56. The first-order valence-electron chi connectivity index (χ1n) is 9.93. The van der Waals surface area contributed by atoms with E-state index in [2.05, 4.69) is 94.6 Å². The van der Waals surface area contributed by atoms with Crippen molar-refractivity contribution in [2.45, 2.75) is 46.0 Å². The van der Waals surface area contributed by atoms with Gasteiger partial charge in [-0.2, -0.15) is 0 Å². The Balaban J connectivity index is 1.78. The monoisotopic (exact) mass is 353 g/mol. The number of fused-ring (bicyclic) bond motifs is 3. The molecule has 0 atom stereocenters. The van der Waals surface area contributed by atoms with Crippen LogP contribution in [0.4, 0.5) is 5.69 Å². The minimum absolute atomic E-state index is 0.460. The summed E-state index contributed by atoms with van der Waals surface area (Å²) in [7, 11) is 0. The van der Waals surface area contributed by atoms with Gasteiger partial charge < -0.3 is 0 Å². The van der Waals surface area contributed by atoms with Crippen LogP contribution in [0.15, 0.2) is 65.7 Å². The Labute approximate surface area is 162 Å². The van der Waals surface area contributed by atoms with E-state index in [0.717, 1.165) is 12.1 Å². The maximum Gasteiger partial charge on any atom is 0.0699 e. The fourth-order valence-corrected chi connectivity index (χ4v) is 4.10. The van der Waals surface area contributed by atoms with Crippen molar-refractivity contribution in [1.29, 1.82) is 0 Å². The van der Waals surface area contributed by atoms with E-state index < -0.39 is 0 Å². The Hall–Kier alpha value is -2.67. The molecule has 0 fully saturated rings. The van der Waals surface area contributed by atoms with E-state index >= 15 is 0 Å². The molecule has 3 aromatic carbocycles. The van der Waals surface area contributed by atoms with E-state index in [9.17, 15) is 0 Å². The molecule has 0 aromatic heterocycles. The van der Waals surface area contributed by atoms with Gasteiger partial charge in [-0.3, -0.25) is 4.99 Å². The van der Waals surface area contributed by atoms with Crippen LogP contribution in [0.3, 0.4) is 0 Å². The van der Waals surface area contributed by atoms with Crippen molar-refractivity contribution in [2.75, 3.05) is 0 Å². The molecule has 136 valence electrons. The zero-order valence-corrected chi connectivity index (χ0v) is 16.7. The Morgan fingerprint density at radius 2 is 1.37 bits per heavy atom. The van der Waals surface area contributed by atoms with Gasteiger partial charge in [0.1, 0.15) is 0 Å². The van der Waals surface area contributed by atoms with Crippen LogP contribution in [0, 0.1) is 0 Å². The lowest BCUT2D eigenvalue weighted by molar-refractivity contribution is 0.835. The summed E-state index contributed by atoms with van der Waals surface area (Å²) in [5, 5.41) is 0. The minimum atomic E-state index is 0.460. The minimum Gasteiger partial charge on any atom is -0.256 e. The first-order valence-corrected chi connectivity index (χ1v) is 9.93. The zero-order chi connectivity index (χ0) is 19.0. The molecule has 1 heteroatoms. The maximum atomic E-state index is 5.03. The van der Waals surface area contributed by atoms with Gasteiger partial charge in [0.25, 0.3) is 0 Å². The van der Waals surface area contributed by atoms with Crippen molar-refractivity contribution in [3.8, 4) is 11.1 Å². The van der Waals surface area contributed by atoms with Crippen molar-refractivity contribution in [3.63, 3.8) is 0 Å². The highest BCUT2D eigenvalue weighted by atomic mass is 14.7. The van der Waals surface area contributed by atoms with Crippen molar-refractivity contribution in [1.82, 2.24) is 0 Å². The molecular weight excluding hydrogens is 326 g/mol. The Bertz CT molecular complexity index is 982. The molecule has 0 spiro atoms. The van der Waals surface area contributed by atoms with Crippen LogP contribution in [-0.2, 0) is 6.42 Å². The van der Waals surface area contributed by atoms with Gasteiger partial charge in [0.15, 0.2) is 0 Å². The van der Waals surface area contributed by atoms with Crippen LogP contribution in [0.5, 0.6) is 0 Å². The fourth-order valence-electron chi connectivity index (χ4n) is 4.10. The average molecular weight is 354 g/mol. The second kappa shape index (κ2) is 7.15. The third-order valence-electron chi connectivity index (χ3n) is 5.56. The molecule has 0 unspecified atom stereocenters. The number of hydrogen-bond donors (Lipinski definition) is 0. The molecule has 27 heavy (non-hydrogen) atoms. The summed E-state index contributed by atoms with van der Waals surface area (Å²) in [6, 6.07) is 21.9. The molecule has 4 rings (SSSR count). The molecule has 0 saturated heterocycles. The largest absolute Gasteiger partial charge is 0.256 e. The number of aliphatic imine (C=N–C) groups is 1. The summed E-state index contributed by atoms with van der Waals surface area (Å²) >= 11 is 0. The molecule has 3 aromatic rings. The number of para-hydroxylation sites is 1. The summed E-state index contributed by atoms with van der Waals surface area (Å²) in [5.41, 5.74) is 10.6. The van der Waals surface area contributed by atoms with Crippen LogP contribution in [0.1, 0.15) is 67.3 Å². The highest BCUT2D eigenvalue weighted by Gasteiger charge is 2.20. The average Bonchev–Trinajstić information content (AvgIpc) is 3.05. The molecule has 0 bridgehead atoms. The van der Waals surface area contributed by atoms with E-state index in [-0.39, 0.29) is 0 Å². The van der Waals surface area contributed by atoms with Crippen LogP contribution >= 0.6 is 0 Å². The first kappa shape index (κ1) is 17.7. The fraction of sp³-hybridized carbons (Fsp3) is 0.269. The third kappa shape index (κ3) is 3.23. The van der Waals surface area contributed by atoms with Gasteiger partial charge in [-0.1, -0.05) is 88.4 Å². The maximum absolute atomic E-state index is 5.03. The van der Waals surface area contributed by atoms with Gasteiger partial charge in [-0.05, 0) is 57.2 Å². The van der Waals surface area contributed by atoms with Crippen molar-refractivity contribution >= 4 is 11.9 Å². The molecule has 0 heterocycles. The van der Waals surface area contributed by atoms with Gasteiger partial charge in [0, 0.05) is 6.21 Å². The first-order chi connectivity index (χ1) is 13.1. The van der Waals surface area contributed by atoms with Gasteiger partial charge >= 0.3 is 0 Å². The van der Waals surface area contributed by atoms with E-state index in [1.54, 1.807) is 0 Å². The smallest absolute Gasteiger partial charge is 0.0699 e. The molecule has 0 saturated carbocycles. The van der Waals surface area contributed by atoms with Gasteiger partial charge in [-0.25, -0.2) is 0 Å². The van der Waals surface area contributed by atoms with Crippen LogP contribution in [0.25, 0.3) is 11.1 Å². The molecule has 0 aliphatic heterocycles. The summed E-state index contributed by atoms with van der Waals surface area (Å²) < 4.78 is 0. The number of rotatable bonds is 4. The molecule has 1 aliphatic carbocycles. The van der Waals surface area contributed by atoms with Crippen LogP contribution < -0.4 is 0 Å². The predicted octanol–water partition coefficient (Wildman–Crippen LogP) is 7.26. The number of hydrogen-bond acceptors (Lipinski definition) is 1. The normalized spacial score (nSPS) is 12.8. The molecule has 0 N–H and O–H groups in total. The van der Waals surface area contributed by atoms with E-state index in [1.807, 2.05) is 0 Å². The van der Waals surface area contributed by atoms with Gasteiger partial charge in [-0.15, -0.1) is 0 Å². The zero-order valence-electron chi connectivity index (χ0n) is 16.7.